The van der Waals surface area contributed by atoms with Crippen molar-refractivity contribution < 1.29 is 0 Å². The normalized spacial score (nSPS) is 23.1. The highest BCUT2D eigenvalue weighted by Gasteiger charge is 2.34. The van der Waals surface area contributed by atoms with Crippen molar-refractivity contribution in [3.8, 4) is 0 Å². The van der Waals surface area contributed by atoms with Crippen LogP contribution in [0.4, 0.5) is 0 Å². The number of benzene rings is 1. The van der Waals surface area contributed by atoms with Gasteiger partial charge in [-0.2, -0.15) is 0 Å². The van der Waals surface area contributed by atoms with Gasteiger partial charge in [0.25, 0.3) is 0 Å². The van der Waals surface area contributed by atoms with Crippen molar-refractivity contribution >= 4 is 23.2 Å². The summed E-state index contributed by atoms with van der Waals surface area (Å²) in [5.41, 5.74) is 1.40. The number of hydrogen-bond acceptors (Lipinski definition) is 2. The van der Waals surface area contributed by atoms with Crippen LogP contribution in [0.1, 0.15) is 44.1 Å². The van der Waals surface area contributed by atoms with Gasteiger partial charge in [-0.3, -0.25) is 4.90 Å². The van der Waals surface area contributed by atoms with E-state index in [1.165, 1.54) is 38.5 Å². The molecule has 0 atom stereocenters. The summed E-state index contributed by atoms with van der Waals surface area (Å²) >= 11 is 12.7. The highest BCUT2D eigenvalue weighted by molar-refractivity contribution is 6.35. The molecule has 3 rings (SSSR count). The van der Waals surface area contributed by atoms with Gasteiger partial charge in [-0.05, 0) is 44.5 Å². The predicted molar refractivity (Wildman–Crippen MR) is 90.2 cm³/mol. The molecule has 116 valence electrons. The fourth-order valence-electron chi connectivity index (χ4n) is 3.82. The number of hydrogen-bond donors (Lipinski definition) is 1. The minimum Gasteiger partial charge on any atom is -0.310 e. The van der Waals surface area contributed by atoms with E-state index < -0.39 is 0 Å². The Labute approximate surface area is 137 Å². The van der Waals surface area contributed by atoms with Crippen LogP contribution in [0.2, 0.25) is 10.0 Å². The van der Waals surface area contributed by atoms with Crippen molar-refractivity contribution in [1.29, 1.82) is 0 Å². The lowest BCUT2D eigenvalue weighted by molar-refractivity contribution is 0.159. The fraction of sp³-hybridized carbons (Fsp3) is 0.647. The van der Waals surface area contributed by atoms with E-state index in [2.05, 4.69) is 10.2 Å². The summed E-state index contributed by atoms with van der Waals surface area (Å²) in [6.45, 7) is 4.24. The highest BCUT2D eigenvalue weighted by Crippen LogP contribution is 2.32. The van der Waals surface area contributed by atoms with Crippen molar-refractivity contribution in [1.82, 2.24) is 10.2 Å². The molecule has 1 aromatic rings. The minimum absolute atomic E-state index is 0.322. The van der Waals surface area contributed by atoms with Crippen molar-refractivity contribution in [3.63, 3.8) is 0 Å². The predicted octanol–water partition coefficient (Wildman–Crippen LogP) is 4.49. The Kier molecular flexibility index (Phi) is 5.11. The molecular weight excluding hydrogens is 303 g/mol. The molecule has 0 amide bonds. The molecule has 2 aliphatic rings. The molecule has 1 saturated carbocycles. The molecule has 1 heterocycles. The van der Waals surface area contributed by atoms with Gasteiger partial charge in [-0.15, -0.1) is 0 Å². The first kappa shape index (κ1) is 15.6. The van der Waals surface area contributed by atoms with Crippen LogP contribution in [0.5, 0.6) is 0 Å². The first-order valence-electron chi connectivity index (χ1n) is 8.09. The maximum Gasteiger partial charge on any atom is 0.0465 e. The summed E-state index contributed by atoms with van der Waals surface area (Å²) in [6.07, 6.45) is 7.91. The van der Waals surface area contributed by atoms with Crippen LogP contribution in [-0.4, -0.2) is 30.1 Å². The van der Waals surface area contributed by atoms with Gasteiger partial charge < -0.3 is 5.32 Å². The highest BCUT2D eigenvalue weighted by atomic mass is 35.5. The van der Waals surface area contributed by atoms with Gasteiger partial charge >= 0.3 is 0 Å². The molecule has 2 fully saturated rings. The zero-order valence-electron chi connectivity index (χ0n) is 12.5. The lowest BCUT2D eigenvalue weighted by Gasteiger charge is -2.40. The number of halogens is 2. The van der Waals surface area contributed by atoms with Gasteiger partial charge in [0.15, 0.2) is 0 Å². The Bertz CT molecular complexity index is 463. The molecule has 21 heavy (non-hydrogen) atoms. The average Bonchev–Trinajstić information content (AvgIpc) is 2.66. The van der Waals surface area contributed by atoms with E-state index in [0.29, 0.717) is 5.54 Å². The third-order valence-electron chi connectivity index (χ3n) is 4.93. The van der Waals surface area contributed by atoms with E-state index in [4.69, 9.17) is 23.2 Å². The van der Waals surface area contributed by atoms with Crippen LogP contribution in [0, 0.1) is 0 Å². The van der Waals surface area contributed by atoms with E-state index in [1.54, 1.807) is 0 Å². The monoisotopic (exact) mass is 326 g/mol. The molecule has 1 aliphatic carbocycles. The summed E-state index contributed by atoms with van der Waals surface area (Å²) in [7, 11) is 0. The molecule has 0 bridgehead atoms. The molecule has 1 N–H and O–H groups in total. The van der Waals surface area contributed by atoms with Gasteiger partial charge in [0, 0.05) is 34.2 Å². The lowest BCUT2D eigenvalue weighted by atomic mass is 9.81. The zero-order chi connectivity index (χ0) is 14.7. The Hall–Kier alpha value is -0.280. The fourth-order valence-corrected chi connectivity index (χ4v) is 4.34. The van der Waals surface area contributed by atoms with Gasteiger partial charge in [0.05, 0.1) is 0 Å². The van der Waals surface area contributed by atoms with Crippen LogP contribution in [-0.2, 0) is 6.54 Å². The van der Waals surface area contributed by atoms with Crippen molar-refractivity contribution in [2.24, 2.45) is 0 Å². The molecule has 0 unspecified atom stereocenters. The van der Waals surface area contributed by atoms with Crippen LogP contribution in [0.25, 0.3) is 0 Å². The molecule has 1 aromatic carbocycles. The standard InChI is InChI=1S/C17H24Cl2N2/c18-15-6-4-7-16(19)14(15)12-21-11-5-10-20-17(13-21)8-2-1-3-9-17/h4,6-7,20H,1-3,5,8-13H2. The van der Waals surface area contributed by atoms with Gasteiger partial charge in [-0.25, -0.2) is 0 Å². The van der Waals surface area contributed by atoms with Crippen molar-refractivity contribution in [2.45, 2.75) is 50.6 Å². The summed E-state index contributed by atoms with van der Waals surface area (Å²) in [6, 6.07) is 5.80. The van der Waals surface area contributed by atoms with E-state index >= 15 is 0 Å². The van der Waals surface area contributed by atoms with Crippen LogP contribution < -0.4 is 5.32 Å². The third kappa shape index (κ3) is 3.73. The summed E-state index contributed by atoms with van der Waals surface area (Å²) in [5, 5.41) is 5.41. The number of nitrogens with one attached hydrogen (secondary N) is 1. The van der Waals surface area contributed by atoms with E-state index in [1.807, 2.05) is 18.2 Å². The van der Waals surface area contributed by atoms with Crippen LogP contribution >= 0.6 is 23.2 Å². The Morgan fingerprint density at radius 1 is 1.05 bits per heavy atom. The van der Waals surface area contributed by atoms with Crippen molar-refractivity contribution in [3.05, 3.63) is 33.8 Å². The smallest absolute Gasteiger partial charge is 0.0465 e. The molecule has 1 aliphatic heterocycles. The second kappa shape index (κ2) is 6.87. The summed E-state index contributed by atoms with van der Waals surface area (Å²) in [4.78, 5) is 2.54. The topological polar surface area (TPSA) is 15.3 Å². The van der Waals surface area contributed by atoms with Gasteiger partial charge in [0.2, 0.25) is 0 Å². The number of nitrogens with zero attached hydrogens (tertiary/aromatic N) is 1. The number of rotatable bonds is 2. The molecule has 4 heteroatoms. The summed E-state index contributed by atoms with van der Waals surface area (Å²) < 4.78 is 0. The van der Waals surface area contributed by atoms with Gasteiger partial charge in [-0.1, -0.05) is 48.5 Å². The van der Waals surface area contributed by atoms with Crippen LogP contribution in [0.3, 0.4) is 0 Å². The average molecular weight is 327 g/mol. The van der Waals surface area contributed by atoms with Crippen LogP contribution in [0.15, 0.2) is 18.2 Å². The lowest BCUT2D eigenvalue weighted by Crippen LogP contribution is -2.52. The summed E-state index contributed by atoms with van der Waals surface area (Å²) in [5.74, 6) is 0. The Morgan fingerprint density at radius 3 is 2.48 bits per heavy atom. The van der Waals surface area contributed by atoms with E-state index in [-0.39, 0.29) is 0 Å². The SMILES string of the molecule is Clc1cccc(Cl)c1CN1CCCNC2(CCCCC2)C1. The van der Waals surface area contributed by atoms with E-state index in [0.717, 1.165) is 41.8 Å². The second-order valence-corrected chi connectivity index (χ2v) is 7.35. The Balaban J connectivity index is 1.75. The zero-order valence-corrected chi connectivity index (χ0v) is 14.0. The quantitative estimate of drug-likeness (QED) is 0.861. The van der Waals surface area contributed by atoms with E-state index in [9.17, 15) is 0 Å². The largest absolute Gasteiger partial charge is 0.310 e. The maximum absolute atomic E-state index is 6.34. The molecule has 2 nitrogen and oxygen atoms in total. The molecular formula is C17H24Cl2N2. The molecule has 0 radical (unpaired) electrons. The molecule has 0 aromatic heterocycles. The second-order valence-electron chi connectivity index (χ2n) is 6.53. The maximum atomic E-state index is 6.34. The molecule has 1 saturated heterocycles. The van der Waals surface area contributed by atoms with Gasteiger partial charge in [0.1, 0.15) is 0 Å². The first-order chi connectivity index (χ1) is 10.2. The molecule has 1 spiro atoms. The Morgan fingerprint density at radius 2 is 1.76 bits per heavy atom. The minimum atomic E-state index is 0.322. The third-order valence-corrected chi connectivity index (χ3v) is 5.64. The van der Waals surface area contributed by atoms with Crippen molar-refractivity contribution in [2.75, 3.05) is 19.6 Å². The first-order valence-corrected chi connectivity index (χ1v) is 8.84.